The number of methoxy groups -OCH3 is 2. The molecule has 2 rings (SSSR count). The molecule has 1 amide bonds. The zero-order valence-corrected chi connectivity index (χ0v) is 17.8. The summed E-state index contributed by atoms with van der Waals surface area (Å²) in [7, 11) is 3.23. The lowest BCUT2D eigenvalue weighted by Gasteiger charge is -2.26. The Morgan fingerprint density at radius 1 is 1.19 bits per heavy atom. The Morgan fingerprint density at radius 2 is 1.93 bits per heavy atom. The van der Waals surface area contributed by atoms with E-state index < -0.39 is 0 Å². The van der Waals surface area contributed by atoms with Crippen molar-refractivity contribution in [2.24, 2.45) is 0 Å². The lowest BCUT2D eigenvalue weighted by molar-refractivity contribution is -0.132. The molecule has 0 saturated heterocycles. The van der Waals surface area contributed by atoms with Crippen molar-refractivity contribution in [3.8, 4) is 22.1 Å². The van der Waals surface area contributed by atoms with Crippen LogP contribution in [0.15, 0.2) is 23.6 Å². The fourth-order valence-electron chi connectivity index (χ4n) is 2.95. The first-order valence-corrected chi connectivity index (χ1v) is 10.3. The maximum Gasteiger partial charge on any atom is 0.228 e. The van der Waals surface area contributed by atoms with Crippen LogP contribution in [0.2, 0.25) is 0 Å². The Kier molecular flexibility index (Phi) is 8.10. The van der Waals surface area contributed by atoms with Gasteiger partial charge in [0.1, 0.15) is 5.01 Å². The van der Waals surface area contributed by atoms with Crippen molar-refractivity contribution in [2.45, 2.75) is 52.5 Å². The minimum atomic E-state index is 0.144. The van der Waals surface area contributed by atoms with E-state index in [2.05, 4.69) is 25.8 Å². The number of nitrogens with zero attached hydrogens (tertiary/aromatic N) is 2. The molecule has 1 aromatic carbocycles. The highest BCUT2D eigenvalue weighted by Gasteiger charge is 2.18. The molecular formula is C21H30N2O3S. The van der Waals surface area contributed by atoms with E-state index in [-0.39, 0.29) is 11.9 Å². The largest absolute Gasteiger partial charge is 0.493 e. The van der Waals surface area contributed by atoms with Crippen LogP contribution < -0.4 is 9.47 Å². The summed E-state index contributed by atoms with van der Waals surface area (Å²) in [6, 6.07) is 5.94. The molecule has 6 heteroatoms. The van der Waals surface area contributed by atoms with Gasteiger partial charge in [-0.05, 0) is 38.5 Å². The molecule has 148 valence electrons. The number of benzene rings is 1. The zero-order valence-electron chi connectivity index (χ0n) is 16.9. The van der Waals surface area contributed by atoms with E-state index in [1.165, 1.54) is 0 Å². The monoisotopic (exact) mass is 390 g/mol. The van der Waals surface area contributed by atoms with Gasteiger partial charge in [0, 0.05) is 23.5 Å². The van der Waals surface area contributed by atoms with E-state index in [0.29, 0.717) is 17.9 Å². The van der Waals surface area contributed by atoms with Crippen LogP contribution >= 0.6 is 11.3 Å². The van der Waals surface area contributed by atoms with Crippen LogP contribution in [0.25, 0.3) is 10.6 Å². The molecule has 0 radical (unpaired) electrons. The molecular weight excluding hydrogens is 360 g/mol. The fourth-order valence-corrected chi connectivity index (χ4v) is 3.77. The number of hydrogen-bond acceptors (Lipinski definition) is 5. The highest BCUT2D eigenvalue weighted by atomic mass is 32.1. The predicted octanol–water partition coefficient (Wildman–Crippen LogP) is 4.80. The van der Waals surface area contributed by atoms with Crippen LogP contribution in [0, 0.1) is 0 Å². The summed E-state index contributed by atoms with van der Waals surface area (Å²) in [6.07, 6.45) is 3.69. The minimum Gasteiger partial charge on any atom is -0.493 e. The number of amides is 1. The topological polar surface area (TPSA) is 51.7 Å². The third kappa shape index (κ3) is 5.70. The van der Waals surface area contributed by atoms with Crippen LogP contribution in [0.5, 0.6) is 11.5 Å². The Labute approximate surface area is 166 Å². The number of rotatable bonds is 10. The van der Waals surface area contributed by atoms with Gasteiger partial charge >= 0.3 is 0 Å². The zero-order chi connectivity index (χ0) is 19.8. The molecule has 0 spiro atoms. The summed E-state index contributed by atoms with van der Waals surface area (Å²) in [4.78, 5) is 19.4. The van der Waals surface area contributed by atoms with E-state index >= 15 is 0 Å². The van der Waals surface area contributed by atoms with E-state index in [0.717, 1.165) is 42.1 Å². The van der Waals surface area contributed by atoms with Gasteiger partial charge in [-0.15, -0.1) is 11.3 Å². The van der Waals surface area contributed by atoms with E-state index in [1.54, 1.807) is 25.6 Å². The number of ether oxygens (including phenoxy) is 2. The molecule has 1 aromatic heterocycles. The second-order valence-corrected chi connectivity index (χ2v) is 7.64. The van der Waals surface area contributed by atoms with Crippen molar-refractivity contribution >= 4 is 17.2 Å². The molecule has 0 aliphatic carbocycles. The summed E-state index contributed by atoms with van der Waals surface area (Å²) in [5.41, 5.74) is 1.77. The van der Waals surface area contributed by atoms with Gasteiger partial charge in [0.15, 0.2) is 11.5 Å². The molecule has 0 bridgehead atoms. The van der Waals surface area contributed by atoms with Crippen LogP contribution in [-0.4, -0.2) is 42.6 Å². The Balaban J connectivity index is 2.09. The summed E-state index contributed by atoms with van der Waals surface area (Å²) in [6.45, 7) is 7.13. The van der Waals surface area contributed by atoms with Gasteiger partial charge < -0.3 is 14.4 Å². The number of carbonyl (C=O) groups excluding carboxylic acids is 1. The maximum absolute atomic E-state index is 12.7. The number of aromatic nitrogens is 1. The molecule has 0 N–H and O–H groups in total. The van der Waals surface area contributed by atoms with Gasteiger partial charge in [0.25, 0.3) is 0 Å². The second-order valence-electron chi connectivity index (χ2n) is 6.78. The summed E-state index contributed by atoms with van der Waals surface area (Å²) in [5, 5.41) is 2.84. The molecule has 27 heavy (non-hydrogen) atoms. The first kappa shape index (κ1) is 21.2. The van der Waals surface area contributed by atoms with Crippen LogP contribution in [0.4, 0.5) is 0 Å². The third-order valence-electron chi connectivity index (χ3n) is 4.46. The average Bonchev–Trinajstić information content (AvgIpc) is 3.12. The number of thiazole rings is 1. The van der Waals surface area contributed by atoms with Crippen LogP contribution in [0.3, 0.4) is 0 Å². The van der Waals surface area contributed by atoms with Gasteiger partial charge in [-0.3, -0.25) is 4.79 Å². The standard InChI is InChI=1S/C21H30N2O3S/c1-6-7-8-11-23(15(2)3)20(24)13-17-14-27-21(22-17)16-9-10-18(25-4)19(12-16)26-5/h9-10,12,14-15H,6-8,11,13H2,1-5H3. The smallest absolute Gasteiger partial charge is 0.228 e. The number of carbonyl (C=O) groups is 1. The molecule has 0 atom stereocenters. The first-order chi connectivity index (χ1) is 13.0. The van der Waals surface area contributed by atoms with E-state index in [1.807, 2.05) is 28.5 Å². The SMILES string of the molecule is CCCCCN(C(=O)Cc1csc(-c2ccc(OC)c(OC)c2)n1)C(C)C. The quantitative estimate of drug-likeness (QED) is 0.547. The Morgan fingerprint density at radius 3 is 2.56 bits per heavy atom. The van der Waals surface area contributed by atoms with Crippen molar-refractivity contribution in [3.63, 3.8) is 0 Å². The lowest BCUT2D eigenvalue weighted by atomic mass is 10.2. The average molecular weight is 391 g/mol. The normalized spacial score (nSPS) is 10.9. The van der Waals surface area contributed by atoms with Crippen molar-refractivity contribution in [1.29, 1.82) is 0 Å². The van der Waals surface area contributed by atoms with Crippen molar-refractivity contribution in [3.05, 3.63) is 29.3 Å². The number of unbranched alkanes of at least 4 members (excludes halogenated alkanes) is 2. The summed E-state index contributed by atoms with van der Waals surface area (Å²) >= 11 is 1.54. The predicted molar refractivity (Wildman–Crippen MR) is 111 cm³/mol. The molecule has 0 aliphatic rings. The summed E-state index contributed by atoms with van der Waals surface area (Å²) in [5.74, 6) is 1.50. The van der Waals surface area contributed by atoms with Crippen LogP contribution in [0.1, 0.15) is 45.7 Å². The lowest BCUT2D eigenvalue weighted by Crippen LogP contribution is -2.38. The van der Waals surface area contributed by atoms with Crippen LogP contribution in [-0.2, 0) is 11.2 Å². The molecule has 5 nitrogen and oxygen atoms in total. The highest BCUT2D eigenvalue weighted by molar-refractivity contribution is 7.13. The van der Waals surface area contributed by atoms with E-state index in [4.69, 9.17) is 9.47 Å². The van der Waals surface area contributed by atoms with E-state index in [9.17, 15) is 4.79 Å². The van der Waals surface area contributed by atoms with Gasteiger partial charge in [-0.25, -0.2) is 4.98 Å². The minimum absolute atomic E-state index is 0.144. The maximum atomic E-state index is 12.7. The molecule has 0 unspecified atom stereocenters. The van der Waals surface area contributed by atoms with Crippen molar-refractivity contribution < 1.29 is 14.3 Å². The molecule has 0 fully saturated rings. The van der Waals surface area contributed by atoms with Crippen molar-refractivity contribution in [2.75, 3.05) is 20.8 Å². The van der Waals surface area contributed by atoms with Gasteiger partial charge in [-0.1, -0.05) is 19.8 Å². The fraction of sp³-hybridized carbons (Fsp3) is 0.524. The van der Waals surface area contributed by atoms with Gasteiger partial charge in [0.2, 0.25) is 5.91 Å². The van der Waals surface area contributed by atoms with Gasteiger partial charge in [-0.2, -0.15) is 0 Å². The number of hydrogen-bond donors (Lipinski definition) is 0. The molecule has 1 heterocycles. The Hall–Kier alpha value is -2.08. The molecule has 0 aliphatic heterocycles. The molecule has 2 aromatic rings. The van der Waals surface area contributed by atoms with Gasteiger partial charge in [0.05, 0.1) is 26.3 Å². The molecule has 0 saturated carbocycles. The second kappa shape index (κ2) is 10.3. The highest BCUT2D eigenvalue weighted by Crippen LogP contribution is 2.33. The first-order valence-electron chi connectivity index (χ1n) is 9.46. The third-order valence-corrected chi connectivity index (χ3v) is 5.40. The summed E-state index contributed by atoms with van der Waals surface area (Å²) < 4.78 is 10.6. The Bertz CT molecular complexity index is 743. The van der Waals surface area contributed by atoms with Crippen molar-refractivity contribution in [1.82, 2.24) is 9.88 Å².